The molecule has 1 rings (SSSR count). The molecule has 1 N–H and O–H groups in total. The van der Waals surface area contributed by atoms with E-state index in [-0.39, 0.29) is 12.4 Å². The number of imidazole rings is 1. The molecule has 0 aliphatic rings. The number of carboxylic acids is 1. The van der Waals surface area contributed by atoms with Gasteiger partial charge in [0.25, 0.3) is 0 Å². The predicted molar refractivity (Wildman–Crippen MR) is 51.4 cm³/mol. The van der Waals surface area contributed by atoms with Crippen LogP contribution in [-0.2, 0) is 18.3 Å². The fourth-order valence-electron chi connectivity index (χ4n) is 0.852. The van der Waals surface area contributed by atoms with Crippen molar-refractivity contribution < 1.29 is 9.90 Å². The first-order valence-electron chi connectivity index (χ1n) is 3.43. The van der Waals surface area contributed by atoms with Gasteiger partial charge >= 0.3 is 5.97 Å². The van der Waals surface area contributed by atoms with Crippen molar-refractivity contribution in [2.45, 2.75) is 11.8 Å². The zero-order chi connectivity index (χ0) is 9.14. The second-order valence-corrected chi connectivity index (χ2v) is 3.03. The summed E-state index contributed by atoms with van der Waals surface area (Å²) in [5.74, 6) is -1.00. The molecule has 0 bridgehead atoms. The third-order valence-corrected chi connectivity index (χ3v) is 1.91. The van der Waals surface area contributed by atoms with Crippen LogP contribution in [0.25, 0.3) is 0 Å². The molecule has 0 saturated carbocycles. The molecule has 1 aromatic rings. The number of halogens is 2. The summed E-state index contributed by atoms with van der Waals surface area (Å²) in [5, 5.41) is 7.64. The lowest BCUT2D eigenvalue weighted by atomic mass is 10.2. The van der Waals surface area contributed by atoms with E-state index < -0.39 is 11.3 Å². The summed E-state index contributed by atoms with van der Waals surface area (Å²) in [5.41, 5.74) is 0.817. The Morgan fingerprint density at radius 1 is 1.85 bits per heavy atom. The van der Waals surface area contributed by atoms with E-state index in [4.69, 9.17) is 16.7 Å². The standard InChI is InChI=1S/C7H9ClN2O2.ClH/c1-10-4-9-3-5(10)2-6(8)7(11)12;/h3-4,6H,2H2,1H3,(H,11,12);1H. The molecule has 0 aromatic carbocycles. The van der Waals surface area contributed by atoms with E-state index in [1.165, 1.54) is 0 Å². The molecular weight excluding hydrogens is 215 g/mol. The van der Waals surface area contributed by atoms with Crippen molar-refractivity contribution in [3.63, 3.8) is 0 Å². The average molecular weight is 225 g/mol. The van der Waals surface area contributed by atoms with Gasteiger partial charge in [-0.15, -0.1) is 24.0 Å². The minimum atomic E-state index is -1.00. The highest BCUT2D eigenvalue weighted by atomic mass is 35.5. The summed E-state index contributed by atoms with van der Waals surface area (Å²) in [7, 11) is 1.80. The van der Waals surface area contributed by atoms with E-state index >= 15 is 0 Å². The fourth-order valence-corrected chi connectivity index (χ4v) is 1.01. The number of carbonyl (C=O) groups is 1. The number of nitrogens with zero attached hydrogens (tertiary/aromatic N) is 2. The van der Waals surface area contributed by atoms with Crippen LogP contribution in [0.2, 0.25) is 0 Å². The van der Waals surface area contributed by atoms with Crippen LogP contribution in [0.4, 0.5) is 0 Å². The van der Waals surface area contributed by atoms with Gasteiger partial charge in [-0.05, 0) is 0 Å². The summed E-state index contributed by atoms with van der Waals surface area (Å²) in [6.45, 7) is 0. The number of carboxylic acid groups (broad SMARTS) is 1. The molecule has 0 amide bonds. The Balaban J connectivity index is 0.00000144. The molecular formula is C7H10Cl2N2O2. The molecule has 6 heteroatoms. The molecule has 74 valence electrons. The molecule has 0 radical (unpaired) electrons. The van der Waals surface area contributed by atoms with Crippen molar-refractivity contribution in [3.05, 3.63) is 18.2 Å². The van der Waals surface area contributed by atoms with E-state index in [0.717, 1.165) is 5.69 Å². The van der Waals surface area contributed by atoms with Crippen LogP contribution in [0.15, 0.2) is 12.5 Å². The maximum Gasteiger partial charge on any atom is 0.322 e. The minimum absolute atomic E-state index is 0. The first-order valence-corrected chi connectivity index (χ1v) is 3.87. The monoisotopic (exact) mass is 224 g/mol. The molecule has 0 aliphatic heterocycles. The topological polar surface area (TPSA) is 55.1 Å². The Labute approximate surface area is 86.9 Å². The number of hydrogen-bond acceptors (Lipinski definition) is 2. The SMILES string of the molecule is Cl.Cn1cncc1CC(Cl)C(=O)O. The van der Waals surface area contributed by atoms with E-state index in [0.29, 0.717) is 6.42 Å². The molecule has 1 aromatic heterocycles. The number of hydrogen-bond donors (Lipinski definition) is 1. The van der Waals surface area contributed by atoms with Crippen LogP contribution in [0.5, 0.6) is 0 Å². The predicted octanol–water partition coefficient (Wildman–Crippen LogP) is 1.08. The zero-order valence-electron chi connectivity index (χ0n) is 6.98. The van der Waals surface area contributed by atoms with Gasteiger partial charge in [0, 0.05) is 25.4 Å². The summed E-state index contributed by atoms with van der Waals surface area (Å²) in [6, 6.07) is 0. The van der Waals surface area contributed by atoms with Gasteiger partial charge in [0.2, 0.25) is 0 Å². The maximum atomic E-state index is 10.4. The van der Waals surface area contributed by atoms with Gasteiger partial charge in [-0.3, -0.25) is 4.79 Å². The molecule has 1 heterocycles. The number of aromatic nitrogens is 2. The van der Waals surface area contributed by atoms with Gasteiger partial charge in [0.15, 0.2) is 0 Å². The largest absolute Gasteiger partial charge is 0.480 e. The Morgan fingerprint density at radius 2 is 2.46 bits per heavy atom. The molecule has 0 spiro atoms. The summed E-state index contributed by atoms with van der Waals surface area (Å²) < 4.78 is 1.75. The van der Waals surface area contributed by atoms with E-state index in [9.17, 15) is 4.79 Å². The van der Waals surface area contributed by atoms with Crippen molar-refractivity contribution in [2.75, 3.05) is 0 Å². The molecule has 13 heavy (non-hydrogen) atoms. The number of rotatable bonds is 3. The Hall–Kier alpha value is -0.740. The van der Waals surface area contributed by atoms with Gasteiger partial charge < -0.3 is 9.67 Å². The maximum absolute atomic E-state index is 10.4. The van der Waals surface area contributed by atoms with Crippen molar-refractivity contribution in [2.24, 2.45) is 7.05 Å². The zero-order valence-corrected chi connectivity index (χ0v) is 8.55. The lowest BCUT2D eigenvalue weighted by Gasteiger charge is -2.03. The number of aliphatic carboxylic acids is 1. The number of aryl methyl sites for hydroxylation is 1. The lowest BCUT2D eigenvalue weighted by molar-refractivity contribution is -0.136. The summed E-state index contributed by atoms with van der Waals surface area (Å²) in [4.78, 5) is 14.2. The summed E-state index contributed by atoms with van der Waals surface area (Å²) >= 11 is 5.54. The highest BCUT2D eigenvalue weighted by Gasteiger charge is 2.15. The summed E-state index contributed by atoms with van der Waals surface area (Å²) in [6.07, 6.45) is 3.52. The van der Waals surface area contributed by atoms with Gasteiger partial charge in [0.05, 0.1) is 6.33 Å². The third kappa shape index (κ3) is 3.24. The van der Waals surface area contributed by atoms with Crippen molar-refractivity contribution in [1.82, 2.24) is 9.55 Å². The smallest absolute Gasteiger partial charge is 0.322 e. The van der Waals surface area contributed by atoms with Gasteiger partial charge in [0.1, 0.15) is 5.38 Å². The molecule has 1 atom stereocenters. The molecule has 0 saturated heterocycles. The van der Waals surface area contributed by atoms with Crippen LogP contribution >= 0.6 is 24.0 Å². The normalized spacial score (nSPS) is 11.8. The molecule has 4 nitrogen and oxygen atoms in total. The van der Waals surface area contributed by atoms with Crippen LogP contribution in [0, 0.1) is 0 Å². The Morgan fingerprint density at radius 3 is 2.85 bits per heavy atom. The second kappa shape index (κ2) is 5.09. The Bertz CT molecular complexity index is 288. The first kappa shape index (κ1) is 12.3. The third-order valence-electron chi connectivity index (χ3n) is 1.57. The fraction of sp³-hybridized carbons (Fsp3) is 0.429. The van der Waals surface area contributed by atoms with Crippen LogP contribution < -0.4 is 0 Å². The molecule has 0 fully saturated rings. The van der Waals surface area contributed by atoms with E-state index in [1.807, 2.05) is 0 Å². The average Bonchev–Trinajstić information content (AvgIpc) is 2.36. The van der Waals surface area contributed by atoms with Crippen molar-refractivity contribution >= 4 is 30.0 Å². The lowest BCUT2D eigenvalue weighted by Crippen LogP contribution is -2.17. The van der Waals surface area contributed by atoms with Crippen LogP contribution in [0.1, 0.15) is 5.69 Å². The quantitative estimate of drug-likeness (QED) is 0.783. The van der Waals surface area contributed by atoms with Gasteiger partial charge in [-0.25, -0.2) is 4.98 Å². The number of alkyl halides is 1. The van der Waals surface area contributed by atoms with Crippen molar-refractivity contribution in [3.8, 4) is 0 Å². The highest BCUT2D eigenvalue weighted by Crippen LogP contribution is 2.06. The van der Waals surface area contributed by atoms with E-state index in [1.54, 1.807) is 24.1 Å². The van der Waals surface area contributed by atoms with E-state index in [2.05, 4.69) is 4.98 Å². The van der Waals surface area contributed by atoms with Crippen molar-refractivity contribution in [1.29, 1.82) is 0 Å². The Kier molecular flexibility index (Phi) is 4.80. The van der Waals surface area contributed by atoms with Gasteiger partial charge in [-0.2, -0.15) is 0 Å². The van der Waals surface area contributed by atoms with Crippen LogP contribution in [0.3, 0.4) is 0 Å². The second-order valence-electron chi connectivity index (χ2n) is 2.51. The van der Waals surface area contributed by atoms with Gasteiger partial charge in [-0.1, -0.05) is 0 Å². The first-order chi connectivity index (χ1) is 5.61. The minimum Gasteiger partial charge on any atom is -0.480 e. The van der Waals surface area contributed by atoms with Crippen LogP contribution in [-0.4, -0.2) is 26.0 Å². The highest BCUT2D eigenvalue weighted by molar-refractivity contribution is 6.29. The molecule has 1 unspecified atom stereocenters. The molecule has 0 aliphatic carbocycles.